The van der Waals surface area contributed by atoms with Crippen molar-refractivity contribution in [3.63, 3.8) is 0 Å². The number of benzene rings is 2. The number of hydrogen-bond donors (Lipinski definition) is 0. The average molecular weight is 623 g/mol. The molecule has 0 fully saturated rings. The Kier molecular flexibility index (Phi) is 11.5. The molecule has 240 valence electrons. The number of nitrogens with zero attached hydrogens (tertiary/aromatic N) is 4. The molecule has 0 aromatic heterocycles. The van der Waals surface area contributed by atoms with E-state index in [1.807, 2.05) is 43.3 Å². The predicted molar refractivity (Wildman–Crippen MR) is 192 cm³/mol. The zero-order chi connectivity index (χ0) is 34.0. The first kappa shape index (κ1) is 34.8. The van der Waals surface area contributed by atoms with Crippen LogP contribution in [0, 0.1) is 39.4 Å². The number of allylic oxidation sites excluding steroid dienone is 8. The molecule has 4 rings (SSSR count). The van der Waals surface area contributed by atoms with Gasteiger partial charge >= 0.3 is 0 Å². The highest BCUT2D eigenvalue weighted by molar-refractivity contribution is 5.63. The van der Waals surface area contributed by atoms with Crippen LogP contribution in [0.5, 0.6) is 0 Å². The first-order valence-electron chi connectivity index (χ1n) is 16.7. The molecule has 5 nitrogen and oxygen atoms in total. The molecule has 0 saturated carbocycles. The van der Waals surface area contributed by atoms with Gasteiger partial charge in [0, 0.05) is 24.4 Å². The van der Waals surface area contributed by atoms with Crippen molar-refractivity contribution in [2.24, 2.45) is 5.41 Å². The summed E-state index contributed by atoms with van der Waals surface area (Å²) in [4.78, 5) is 2.34. The second-order valence-corrected chi connectivity index (χ2v) is 13.2. The Morgan fingerprint density at radius 3 is 2.15 bits per heavy atom. The standard InChI is InChI=1S/C42H46N4O/c1-7-10-12-31-17-21-36(22-18-31)42(6)39(38(30-45)40(47-42)35(28-43)29-44)14-11-13-33-25-34(27-41(4,5)26-33)16-15-32-19-23-37(24-20-32)46(8-2)9-3/h11,13-25H,7-10,12,26-27H2,1-6H3. The van der Waals surface area contributed by atoms with Crippen LogP contribution < -0.4 is 4.90 Å². The molecule has 1 heterocycles. The first-order chi connectivity index (χ1) is 22.6. The van der Waals surface area contributed by atoms with Gasteiger partial charge in [0.25, 0.3) is 0 Å². The minimum atomic E-state index is -1.03. The highest BCUT2D eigenvalue weighted by atomic mass is 16.5. The molecule has 2 aromatic rings. The van der Waals surface area contributed by atoms with E-state index in [0.29, 0.717) is 5.57 Å². The maximum absolute atomic E-state index is 10.2. The van der Waals surface area contributed by atoms with Gasteiger partial charge in [-0.15, -0.1) is 0 Å². The molecule has 1 unspecified atom stereocenters. The lowest BCUT2D eigenvalue weighted by atomic mass is 9.75. The normalized spacial score (nSPS) is 19.8. The van der Waals surface area contributed by atoms with Crippen molar-refractivity contribution >= 4 is 11.8 Å². The van der Waals surface area contributed by atoms with Crippen molar-refractivity contribution in [1.29, 1.82) is 15.8 Å². The Balaban J connectivity index is 1.67. The number of rotatable bonds is 11. The minimum absolute atomic E-state index is 0.0404. The minimum Gasteiger partial charge on any atom is -0.474 e. The molecule has 1 atom stereocenters. The van der Waals surface area contributed by atoms with Crippen LogP contribution in [0.4, 0.5) is 5.69 Å². The molecule has 0 radical (unpaired) electrons. The average Bonchev–Trinajstić information content (AvgIpc) is 3.35. The van der Waals surface area contributed by atoms with E-state index in [2.05, 4.69) is 106 Å². The van der Waals surface area contributed by atoms with Crippen molar-refractivity contribution in [3.8, 4) is 18.2 Å². The Morgan fingerprint density at radius 2 is 1.55 bits per heavy atom. The van der Waals surface area contributed by atoms with Crippen LogP contribution in [0.3, 0.4) is 0 Å². The fourth-order valence-electron chi connectivity index (χ4n) is 6.49. The zero-order valence-electron chi connectivity index (χ0n) is 28.7. The summed E-state index contributed by atoms with van der Waals surface area (Å²) >= 11 is 0. The van der Waals surface area contributed by atoms with E-state index in [9.17, 15) is 15.8 Å². The van der Waals surface area contributed by atoms with Crippen LogP contribution in [0.1, 0.15) is 83.9 Å². The maximum Gasteiger partial charge on any atom is 0.172 e. The monoisotopic (exact) mass is 622 g/mol. The van der Waals surface area contributed by atoms with E-state index in [-0.39, 0.29) is 22.3 Å². The fraction of sp³-hybridized carbons (Fsp3) is 0.357. The van der Waals surface area contributed by atoms with Gasteiger partial charge in [0.05, 0.1) is 0 Å². The second kappa shape index (κ2) is 15.5. The van der Waals surface area contributed by atoms with Crippen molar-refractivity contribution < 1.29 is 4.74 Å². The van der Waals surface area contributed by atoms with E-state index >= 15 is 0 Å². The van der Waals surface area contributed by atoms with Gasteiger partial charge in [-0.05, 0) is 91.8 Å². The molecule has 0 N–H and O–H groups in total. The van der Waals surface area contributed by atoms with Crippen LogP contribution in [0.15, 0.2) is 113 Å². The molecule has 1 aliphatic heterocycles. The fourth-order valence-corrected chi connectivity index (χ4v) is 6.49. The van der Waals surface area contributed by atoms with E-state index in [1.54, 1.807) is 0 Å². The summed E-state index contributed by atoms with van der Waals surface area (Å²) in [5, 5.41) is 29.5. The molecule has 0 saturated heterocycles. The van der Waals surface area contributed by atoms with Crippen molar-refractivity contribution in [2.45, 2.75) is 79.2 Å². The molecule has 2 aromatic carbocycles. The molecule has 1 aliphatic carbocycles. The molecule has 47 heavy (non-hydrogen) atoms. The SMILES string of the molecule is CCCCc1ccc(C2(C)OC(=C(C#N)C#N)C(C#N)=C2C=CC=C2C=C(C=Cc3ccc(N(CC)CC)cc3)CC(C)(C)C2)cc1. The Labute approximate surface area is 281 Å². The van der Waals surface area contributed by atoms with Gasteiger partial charge in [0.2, 0.25) is 0 Å². The van der Waals surface area contributed by atoms with Gasteiger partial charge in [-0.2, -0.15) is 15.8 Å². The van der Waals surface area contributed by atoms with E-state index in [0.717, 1.165) is 50.8 Å². The molecule has 0 bridgehead atoms. The molecular weight excluding hydrogens is 576 g/mol. The quantitative estimate of drug-likeness (QED) is 0.233. The summed E-state index contributed by atoms with van der Waals surface area (Å²) in [5.41, 5.74) is 6.66. The predicted octanol–water partition coefficient (Wildman–Crippen LogP) is 10.2. The van der Waals surface area contributed by atoms with Crippen LogP contribution in [0.2, 0.25) is 0 Å². The molecular formula is C42H46N4O. The summed E-state index contributed by atoms with van der Waals surface area (Å²) in [7, 11) is 0. The summed E-state index contributed by atoms with van der Waals surface area (Å²) in [6, 6.07) is 23.0. The third-order valence-electron chi connectivity index (χ3n) is 9.02. The summed E-state index contributed by atoms with van der Waals surface area (Å²) < 4.78 is 6.36. The number of aryl methyl sites for hydroxylation is 1. The lowest BCUT2D eigenvalue weighted by molar-refractivity contribution is 0.0755. The second-order valence-electron chi connectivity index (χ2n) is 13.2. The molecule has 0 spiro atoms. The number of unbranched alkanes of at least 4 members (excludes halogenated alkanes) is 1. The van der Waals surface area contributed by atoms with Crippen molar-refractivity contribution in [2.75, 3.05) is 18.0 Å². The van der Waals surface area contributed by atoms with Gasteiger partial charge in [-0.3, -0.25) is 0 Å². The highest BCUT2D eigenvalue weighted by Gasteiger charge is 2.43. The number of anilines is 1. The number of nitriles is 3. The largest absolute Gasteiger partial charge is 0.474 e. The van der Waals surface area contributed by atoms with E-state index in [4.69, 9.17) is 4.74 Å². The third-order valence-corrected chi connectivity index (χ3v) is 9.02. The van der Waals surface area contributed by atoms with Gasteiger partial charge in [-0.25, -0.2) is 0 Å². The molecule has 0 amide bonds. The van der Waals surface area contributed by atoms with Gasteiger partial charge in [0.15, 0.2) is 16.9 Å². The molecule has 5 heteroatoms. The Hall–Kier alpha value is -5.05. The van der Waals surface area contributed by atoms with Crippen molar-refractivity contribution in [1.82, 2.24) is 0 Å². The zero-order valence-corrected chi connectivity index (χ0v) is 28.7. The van der Waals surface area contributed by atoms with Crippen LogP contribution in [-0.2, 0) is 16.8 Å². The van der Waals surface area contributed by atoms with Crippen LogP contribution >= 0.6 is 0 Å². The lowest BCUT2D eigenvalue weighted by Gasteiger charge is -2.30. The van der Waals surface area contributed by atoms with Gasteiger partial charge in [-0.1, -0.05) is 100 Å². The highest BCUT2D eigenvalue weighted by Crippen LogP contribution is 2.47. The number of hydrogen-bond acceptors (Lipinski definition) is 5. The number of ether oxygens (including phenoxy) is 1. The van der Waals surface area contributed by atoms with Crippen molar-refractivity contribution in [3.05, 3.63) is 129 Å². The topological polar surface area (TPSA) is 83.8 Å². The Morgan fingerprint density at radius 1 is 0.872 bits per heavy atom. The Bertz CT molecular complexity index is 1740. The smallest absolute Gasteiger partial charge is 0.172 e. The van der Waals surface area contributed by atoms with Crippen LogP contribution in [-0.4, -0.2) is 13.1 Å². The summed E-state index contributed by atoms with van der Waals surface area (Å²) in [6.07, 6.45) is 17.7. The lowest BCUT2D eigenvalue weighted by Crippen LogP contribution is -2.23. The first-order valence-corrected chi connectivity index (χ1v) is 16.7. The summed E-state index contributed by atoms with van der Waals surface area (Å²) in [6.45, 7) is 15.0. The van der Waals surface area contributed by atoms with Crippen LogP contribution in [0.25, 0.3) is 6.08 Å². The summed E-state index contributed by atoms with van der Waals surface area (Å²) in [5.74, 6) is 0.0404. The van der Waals surface area contributed by atoms with E-state index < -0.39 is 5.60 Å². The van der Waals surface area contributed by atoms with E-state index in [1.165, 1.54) is 28.0 Å². The van der Waals surface area contributed by atoms with Gasteiger partial charge in [0.1, 0.15) is 23.8 Å². The molecule has 2 aliphatic rings. The van der Waals surface area contributed by atoms with Gasteiger partial charge < -0.3 is 9.64 Å². The maximum atomic E-state index is 10.2. The third kappa shape index (κ3) is 8.22.